The number of nitrogens with two attached hydrogens (primary N) is 2. The average molecular weight is 434 g/mol. The fourth-order valence-electron chi connectivity index (χ4n) is 4.98. The third-order valence-electron chi connectivity index (χ3n) is 6.79. The minimum Gasteiger partial charge on any atom is -0.490 e. The Morgan fingerprint density at radius 2 is 1.94 bits per heavy atom. The molecule has 2 saturated carbocycles. The number of primary amides is 1. The summed E-state index contributed by atoms with van der Waals surface area (Å²) < 4.78 is 7.55. The van der Waals surface area contributed by atoms with Gasteiger partial charge in [-0.3, -0.25) is 9.59 Å². The third-order valence-corrected chi connectivity index (χ3v) is 6.79. The molecule has 2 heterocycles. The van der Waals surface area contributed by atoms with Crippen molar-refractivity contribution >= 4 is 17.6 Å². The molecule has 2 aromatic rings. The number of ether oxygens (including phenoxy) is 1. The van der Waals surface area contributed by atoms with Crippen LogP contribution in [0.2, 0.25) is 0 Å². The molecule has 1 aliphatic heterocycles. The van der Waals surface area contributed by atoms with Gasteiger partial charge in [-0.2, -0.15) is 5.10 Å². The molecule has 2 amide bonds. The lowest BCUT2D eigenvalue weighted by atomic mass is 9.65. The van der Waals surface area contributed by atoms with Crippen molar-refractivity contribution in [3.63, 3.8) is 0 Å². The lowest BCUT2D eigenvalue weighted by Gasteiger charge is -2.45. The molecule has 5 rings (SSSR count). The minimum atomic E-state index is -0.591. The number of benzene rings is 1. The smallest absolute Gasteiger partial charge is 0.298 e. The summed E-state index contributed by atoms with van der Waals surface area (Å²) in [4.78, 5) is 26.1. The van der Waals surface area contributed by atoms with Crippen molar-refractivity contribution < 1.29 is 14.3 Å². The zero-order valence-electron chi connectivity index (χ0n) is 18.1. The van der Waals surface area contributed by atoms with E-state index in [-0.39, 0.29) is 22.9 Å². The number of aromatic nitrogens is 2. The van der Waals surface area contributed by atoms with Crippen molar-refractivity contribution in [1.29, 1.82) is 0 Å². The molecule has 8 nitrogen and oxygen atoms in total. The third kappa shape index (κ3) is 3.58. The van der Waals surface area contributed by atoms with Crippen LogP contribution in [0.5, 0.6) is 5.75 Å². The van der Waals surface area contributed by atoms with Crippen LogP contribution in [0, 0.1) is 17.3 Å². The zero-order valence-corrected chi connectivity index (χ0v) is 18.1. The van der Waals surface area contributed by atoms with Crippen LogP contribution < -0.4 is 16.2 Å². The Morgan fingerprint density at radius 3 is 2.56 bits per heavy atom. The molecular formula is C24H27N5O3. The highest BCUT2D eigenvalue weighted by molar-refractivity contribution is 6.03. The summed E-state index contributed by atoms with van der Waals surface area (Å²) in [6, 6.07) is 7.61. The molecule has 3 aliphatic rings. The van der Waals surface area contributed by atoms with E-state index in [0.717, 1.165) is 50.0 Å². The standard InChI is InChI=1S/C24H27N5O3/c1-2-3-19(30)28-11-10-24(14-28)12-16(13-24)29-22(25)20(23(26)31)21(27-29)15-4-6-17(7-5-15)32-18-8-9-18/h4-7,16,18H,8-14,25H2,1H3,(H2,26,31)/t16-,24-. The summed E-state index contributed by atoms with van der Waals surface area (Å²) in [6.45, 7) is 3.10. The van der Waals surface area contributed by atoms with E-state index in [0.29, 0.717) is 24.2 Å². The second kappa shape index (κ2) is 7.59. The number of carbonyl (C=O) groups excluding carboxylic acids is 2. The van der Waals surface area contributed by atoms with Crippen LogP contribution >= 0.6 is 0 Å². The number of amides is 2. The molecule has 1 aromatic heterocycles. The van der Waals surface area contributed by atoms with Crippen molar-refractivity contribution in [1.82, 2.24) is 14.7 Å². The van der Waals surface area contributed by atoms with Crippen LogP contribution in [0.25, 0.3) is 11.3 Å². The normalized spacial score (nSPS) is 24.0. The second-order valence-corrected chi connectivity index (χ2v) is 9.17. The first-order chi connectivity index (χ1) is 15.4. The molecule has 1 spiro atoms. The Balaban J connectivity index is 1.35. The largest absolute Gasteiger partial charge is 0.490 e. The molecule has 1 saturated heterocycles. The number of hydrogen-bond donors (Lipinski definition) is 2. The highest BCUT2D eigenvalue weighted by atomic mass is 16.5. The molecule has 2 aliphatic carbocycles. The summed E-state index contributed by atoms with van der Waals surface area (Å²) in [5.74, 6) is 5.70. The fraction of sp³-hybridized carbons (Fsp3) is 0.458. The van der Waals surface area contributed by atoms with Gasteiger partial charge < -0.3 is 21.1 Å². The average Bonchev–Trinajstić information content (AvgIpc) is 3.32. The van der Waals surface area contributed by atoms with Crippen molar-refractivity contribution in [2.45, 2.75) is 51.2 Å². The number of nitrogens with zero attached hydrogens (tertiary/aromatic N) is 3. The highest BCUT2D eigenvalue weighted by Crippen LogP contribution is 2.54. The Bertz CT molecular complexity index is 1130. The van der Waals surface area contributed by atoms with Crippen molar-refractivity contribution in [3.05, 3.63) is 29.8 Å². The maximum Gasteiger partial charge on any atom is 0.298 e. The topological polar surface area (TPSA) is 116 Å². The van der Waals surface area contributed by atoms with E-state index < -0.39 is 5.91 Å². The number of anilines is 1. The molecule has 4 N–H and O–H groups in total. The molecule has 32 heavy (non-hydrogen) atoms. The van der Waals surface area contributed by atoms with Crippen LogP contribution in [0.3, 0.4) is 0 Å². The van der Waals surface area contributed by atoms with Crippen LogP contribution in [0.4, 0.5) is 5.82 Å². The van der Waals surface area contributed by atoms with E-state index in [1.807, 2.05) is 29.2 Å². The first-order valence-electron chi connectivity index (χ1n) is 11.1. The second-order valence-electron chi connectivity index (χ2n) is 9.17. The van der Waals surface area contributed by atoms with Gasteiger partial charge in [0, 0.05) is 18.7 Å². The van der Waals surface area contributed by atoms with Gasteiger partial charge in [-0.05, 0) is 74.6 Å². The molecule has 0 atom stereocenters. The maximum absolute atomic E-state index is 12.2. The highest BCUT2D eigenvalue weighted by Gasteiger charge is 2.51. The van der Waals surface area contributed by atoms with Crippen LogP contribution in [-0.4, -0.2) is 45.7 Å². The summed E-state index contributed by atoms with van der Waals surface area (Å²) in [7, 11) is 0. The molecule has 0 radical (unpaired) electrons. The number of nitrogen functional groups attached to an aromatic ring is 1. The van der Waals surface area contributed by atoms with Crippen LogP contribution in [0.15, 0.2) is 24.3 Å². The Labute approximate surface area is 186 Å². The first-order valence-corrected chi connectivity index (χ1v) is 11.1. The van der Waals surface area contributed by atoms with E-state index in [4.69, 9.17) is 21.3 Å². The van der Waals surface area contributed by atoms with Gasteiger partial charge >= 0.3 is 0 Å². The van der Waals surface area contributed by atoms with Gasteiger partial charge in [0.05, 0.1) is 12.1 Å². The van der Waals surface area contributed by atoms with Crippen LogP contribution in [-0.2, 0) is 4.79 Å². The SMILES string of the molecule is CC#CC(=O)N1CC[C@]2(C1)C[C@H](n1nc(-c3ccc(OC4CC4)cc3)c(C(N)=O)c1N)C2. The lowest BCUT2D eigenvalue weighted by Crippen LogP contribution is -2.42. The maximum atomic E-state index is 12.2. The molecule has 3 fully saturated rings. The molecular weight excluding hydrogens is 406 g/mol. The predicted molar refractivity (Wildman–Crippen MR) is 120 cm³/mol. The number of rotatable bonds is 5. The number of hydrogen-bond acceptors (Lipinski definition) is 5. The Hall–Kier alpha value is -3.47. The van der Waals surface area contributed by atoms with Crippen LogP contribution in [0.1, 0.15) is 55.4 Å². The summed E-state index contributed by atoms with van der Waals surface area (Å²) in [6.07, 6.45) is 5.16. The predicted octanol–water partition coefficient (Wildman–Crippen LogP) is 2.35. The molecule has 0 unspecified atom stereocenters. The first kappa shape index (κ1) is 20.4. The van der Waals surface area contributed by atoms with Gasteiger partial charge in [0.25, 0.3) is 11.8 Å². The molecule has 1 aromatic carbocycles. The lowest BCUT2D eigenvalue weighted by molar-refractivity contribution is -0.125. The van der Waals surface area contributed by atoms with Crippen molar-refractivity contribution in [2.24, 2.45) is 11.1 Å². The van der Waals surface area contributed by atoms with Crippen molar-refractivity contribution in [2.75, 3.05) is 18.8 Å². The zero-order chi connectivity index (χ0) is 22.5. The van der Waals surface area contributed by atoms with Crippen molar-refractivity contribution in [3.8, 4) is 28.8 Å². The quantitative estimate of drug-likeness (QED) is 0.702. The van der Waals surface area contributed by atoms with E-state index in [1.54, 1.807) is 11.6 Å². The Kier molecular flexibility index (Phi) is 4.85. The number of likely N-dealkylation sites (tertiary alicyclic amines) is 1. The van der Waals surface area contributed by atoms with Gasteiger partial charge in [0.15, 0.2) is 0 Å². The Morgan fingerprint density at radius 1 is 1.22 bits per heavy atom. The number of carbonyl (C=O) groups is 2. The summed E-state index contributed by atoms with van der Waals surface area (Å²) >= 11 is 0. The minimum absolute atomic E-state index is 0.0724. The van der Waals surface area contributed by atoms with E-state index >= 15 is 0 Å². The van der Waals surface area contributed by atoms with Gasteiger partial charge in [0.1, 0.15) is 22.8 Å². The summed E-state index contributed by atoms with van der Waals surface area (Å²) in [5, 5.41) is 4.71. The van der Waals surface area contributed by atoms with Gasteiger partial charge in [0.2, 0.25) is 0 Å². The monoisotopic (exact) mass is 433 g/mol. The van der Waals surface area contributed by atoms with Gasteiger partial charge in [-0.1, -0.05) is 5.92 Å². The summed E-state index contributed by atoms with van der Waals surface area (Å²) in [5.41, 5.74) is 13.6. The van der Waals surface area contributed by atoms with E-state index in [2.05, 4.69) is 11.8 Å². The van der Waals surface area contributed by atoms with E-state index in [9.17, 15) is 9.59 Å². The molecule has 166 valence electrons. The molecule has 0 bridgehead atoms. The van der Waals surface area contributed by atoms with Gasteiger partial charge in [-0.25, -0.2) is 4.68 Å². The fourth-order valence-corrected chi connectivity index (χ4v) is 4.98. The van der Waals surface area contributed by atoms with Gasteiger partial charge in [-0.15, -0.1) is 0 Å². The molecule has 8 heteroatoms. The van der Waals surface area contributed by atoms with E-state index in [1.165, 1.54) is 0 Å².